The summed E-state index contributed by atoms with van der Waals surface area (Å²) < 4.78 is 0. The number of carbonyl (C=O) groups is 6. The molecule has 62 heavy (non-hydrogen) atoms. The molecular weight excluding hydrogens is 803 g/mol. The molecule has 0 saturated carbocycles. The number of nitrogens with zero attached hydrogens (tertiary/aromatic N) is 8. The van der Waals surface area contributed by atoms with Crippen molar-refractivity contribution in [1.82, 2.24) is 55.5 Å². The third-order valence-electron chi connectivity index (χ3n) is 11.3. The van der Waals surface area contributed by atoms with Crippen LogP contribution < -0.4 is 16.0 Å². The smallest absolute Gasteiger partial charge is 0.325 e. The molecule has 4 aromatic rings. The molecular formula is C42H55N11O9. The minimum atomic E-state index is -1.19. The highest BCUT2D eigenvalue weighted by molar-refractivity contribution is 6.20. The van der Waals surface area contributed by atoms with Crippen molar-refractivity contribution in [2.75, 3.05) is 72.0 Å². The molecule has 1 aromatic carbocycles. The van der Waals surface area contributed by atoms with Crippen LogP contribution in [0.1, 0.15) is 50.7 Å². The van der Waals surface area contributed by atoms with Crippen LogP contribution in [0, 0.1) is 0 Å². The molecule has 0 radical (unpaired) electrons. The van der Waals surface area contributed by atoms with E-state index >= 15 is 0 Å². The average molecular weight is 858 g/mol. The SMILES string of the molecule is C[C@H](NC(=O)CN1CCN(CC(=O)N[C@@H](C)C(=O)O)CCN(Cc2ccc3c(n2)c2ncccc2c2nc4c(nc32)CCCC4)CCN(CC(=O)N[C@@H](C)C(=O)O)CC1)C(=O)O. The molecule has 4 heterocycles. The van der Waals surface area contributed by atoms with Crippen LogP contribution in [0.5, 0.6) is 0 Å². The summed E-state index contributed by atoms with van der Waals surface area (Å²) in [4.78, 5) is 102. The van der Waals surface area contributed by atoms with Crippen LogP contribution in [-0.2, 0) is 48.2 Å². The summed E-state index contributed by atoms with van der Waals surface area (Å²) in [7, 11) is 0. The molecule has 1 aliphatic carbocycles. The van der Waals surface area contributed by atoms with Crippen LogP contribution in [0.2, 0.25) is 0 Å². The zero-order valence-electron chi connectivity index (χ0n) is 35.3. The van der Waals surface area contributed by atoms with Crippen LogP contribution in [0.15, 0.2) is 30.5 Å². The lowest BCUT2D eigenvalue weighted by atomic mass is 9.99. The average Bonchev–Trinajstić information content (AvgIpc) is 3.23. The number of benzene rings is 1. The van der Waals surface area contributed by atoms with E-state index in [-0.39, 0.29) is 45.8 Å². The van der Waals surface area contributed by atoms with Crippen molar-refractivity contribution in [2.24, 2.45) is 0 Å². The van der Waals surface area contributed by atoms with Gasteiger partial charge in [0.1, 0.15) is 18.1 Å². The summed E-state index contributed by atoms with van der Waals surface area (Å²) in [6.45, 7) is 6.70. The number of hydrogen-bond donors (Lipinski definition) is 6. The van der Waals surface area contributed by atoms with Crippen molar-refractivity contribution in [3.05, 3.63) is 47.5 Å². The van der Waals surface area contributed by atoms with Gasteiger partial charge < -0.3 is 31.3 Å². The molecule has 1 saturated heterocycles. The minimum Gasteiger partial charge on any atom is -0.480 e. The molecule has 0 unspecified atom stereocenters. The summed E-state index contributed by atoms with van der Waals surface area (Å²) in [5.41, 5.74) is 5.79. The van der Waals surface area contributed by atoms with Crippen LogP contribution in [0.25, 0.3) is 32.8 Å². The van der Waals surface area contributed by atoms with E-state index in [0.717, 1.165) is 64.6 Å². The van der Waals surface area contributed by atoms with E-state index in [2.05, 4.69) is 20.9 Å². The van der Waals surface area contributed by atoms with Gasteiger partial charge in [0.25, 0.3) is 0 Å². The Morgan fingerprint density at radius 3 is 1.35 bits per heavy atom. The van der Waals surface area contributed by atoms with E-state index in [1.54, 1.807) is 11.1 Å². The van der Waals surface area contributed by atoms with Crippen molar-refractivity contribution in [2.45, 2.75) is 71.1 Å². The number of aryl methyl sites for hydroxylation is 2. The molecule has 2 aliphatic rings. The minimum absolute atomic E-state index is 0.126. The first kappa shape index (κ1) is 45.6. The van der Waals surface area contributed by atoms with Gasteiger partial charge in [0.2, 0.25) is 17.7 Å². The fourth-order valence-electron chi connectivity index (χ4n) is 7.71. The van der Waals surface area contributed by atoms with Crippen molar-refractivity contribution in [3.63, 3.8) is 0 Å². The number of amides is 3. The highest BCUT2D eigenvalue weighted by Crippen LogP contribution is 2.33. The molecule has 6 N–H and O–H groups in total. The molecule has 0 spiro atoms. The van der Waals surface area contributed by atoms with Gasteiger partial charge in [-0.05, 0) is 70.7 Å². The fraction of sp³-hybridized carbons (Fsp3) is 0.524. The quantitative estimate of drug-likeness (QED) is 0.0919. The van der Waals surface area contributed by atoms with Gasteiger partial charge in [-0.3, -0.25) is 53.4 Å². The molecule has 20 nitrogen and oxygen atoms in total. The number of rotatable bonds is 14. The Hall–Kier alpha value is -5.96. The Morgan fingerprint density at radius 1 is 0.548 bits per heavy atom. The number of carboxylic acid groups (broad SMARTS) is 3. The molecule has 1 aliphatic heterocycles. The summed E-state index contributed by atoms with van der Waals surface area (Å²) in [5.74, 6) is -5.04. The predicted molar refractivity (Wildman–Crippen MR) is 227 cm³/mol. The van der Waals surface area contributed by atoms with Gasteiger partial charge in [-0.15, -0.1) is 0 Å². The number of aromatic nitrogens is 4. The van der Waals surface area contributed by atoms with Gasteiger partial charge in [-0.25, -0.2) is 15.0 Å². The zero-order valence-corrected chi connectivity index (χ0v) is 35.3. The second-order valence-electron chi connectivity index (χ2n) is 16.1. The van der Waals surface area contributed by atoms with Crippen molar-refractivity contribution >= 4 is 68.5 Å². The van der Waals surface area contributed by atoms with Crippen LogP contribution >= 0.6 is 0 Å². The van der Waals surface area contributed by atoms with E-state index in [0.29, 0.717) is 43.8 Å². The second kappa shape index (κ2) is 20.7. The van der Waals surface area contributed by atoms with Crippen LogP contribution in [-0.4, -0.2) is 181 Å². The lowest BCUT2D eigenvalue weighted by Gasteiger charge is -2.34. The number of pyridine rings is 2. The largest absolute Gasteiger partial charge is 0.480 e. The number of aliphatic carboxylic acids is 3. The number of nitrogens with one attached hydrogen (secondary N) is 3. The Kier molecular flexibility index (Phi) is 15.2. The normalized spacial score (nSPS) is 17.9. The van der Waals surface area contributed by atoms with E-state index in [1.807, 2.05) is 34.1 Å². The van der Waals surface area contributed by atoms with E-state index in [9.17, 15) is 44.1 Å². The van der Waals surface area contributed by atoms with Crippen LogP contribution in [0.4, 0.5) is 0 Å². The first-order valence-corrected chi connectivity index (χ1v) is 21.0. The fourth-order valence-corrected chi connectivity index (χ4v) is 7.71. The van der Waals surface area contributed by atoms with Crippen molar-refractivity contribution < 1.29 is 44.1 Å². The highest BCUT2D eigenvalue weighted by atomic mass is 16.4. The lowest BCUT2D eigenvalue weighted by molar-refractivity contribution is -0.141. The molecule has 332 valence electrons. The van der Waals surface area contributed by atoms with E-state index in [4.69, 9.17) is 19.9 Å². The Bertz CT molecular complexity index is 2280. The van der Waals surface area contributed by atoms with E-state index in [1.165, 1.54) is 20.8 Å². The molecule has 3 atom stereocenters. The maximum Gasteiger partial charge on any atom is 0.325 e. The summed E-state index contributed by atoms with van der Waals surface area (Å²) >= 11 is 0. The standard InChI is InChI=1S/C42H55N11O9/c1-25(40(57)58)44-33(54)22-51-15-13-50(14-16-52(23-34(55)45-26(2)41(59)60)18-20-53(19-17-51)24-35(56)46-27(3)42(61)62)21-28-10-11-30-37(47-28)36-29(7-6-12-43-36)38-39(30)49-32-9-5-4-8-31(32)48-38/h6-7,10-12,25-27H,4-5,8-9,13-24H2,1-3H3,(H,44,54)(H,45,55)(H,46,56)(H,57,58)(H,59,60)(H,61,62)/t25-,26-,27-/m0/s1. The monoisotopic (exact) mass is 857 g/mol. The predicted octanol–water partition coefficient (Wildman–Crippen LogP) is 0.0945. The lowest BCUT2D eigenvalue weighted by Crippen LogP contribution is -2.52. The maximum atomic E-state index is 13.1. The summed E-state index contributed by atoms with van der Waals surface area (Å²) in [6, 6.07) is 4.50. The molecule has 0 bridgehead atoms. The van der Waals surface area contributed by atoms with Crippen molar-refractivity contribution in [1.29, 1.82) is 0 Å². The summed E-state index contributed by atoms with van der Waals surface area (Å²) in [6.07, 6.45) is 5.64. The summed E-state index contributed by atoms with van der Waals surface area (Å²) in [5, 5.41) is 37.4. The first-order valence-electron chi connectivity index (χ1n) is 21.0. The second-order valence-corrected chi connectivity index (χ2v) is 16.1. The Labute approximate surface area is 358 Å². The number of hydrogen-bond acceptors (Lipinski definition) is 14. The Balaban J connectivity index is 1.30. The van der Waals surface area contributed by atoms with Gasteiger partial charge in [0.15, 0.2) is 0 Å². The van der Waals surface area contributed by atoms with Gasteiger partial charge in [-0.1, -0.05) is 0 Å². The maximum absolute atomic E-state index is 13.1. The van der Waals surface area contributed by atoms with Crippen molar-refractivity contribution in [3.8, 4) is 0 Å². The first-order chi connectivity index (χ1) is 29.6. The molecule has 6 rings (SSSR count). The topological polar surface area (TPSA) is 264 Å². The van der Waals surface area contributed by atoms with Gasteiger partial charge in [0, 0.05) is 75.9 Å². The van der Waals surface area contributed by atoms with Gasteiger partial charge >= 0.3 is 17.9 Å². The van der Waals surface area contributed by atoms with Gasteiger partial charge in [-0.2, -0.15) is 0 Å². The number of carbonyl (C=O) groups excluding carboxylic acids is 3. The van der Waals surface area contributed by atoms with E-state index < -0.39 is 53.8 Å². The third kappa shape index (κ3) is 11.9. The van der Waals surface area contributed by atoms with Crippen LogP contribution in [0.3, 0.4) is 0 Å². The highest BCUT2D eigenvalue weighted by Gasteiger charge is 2.25. The molecule has 3 aromatic heterocycles. The third-order valence-corrected chi connectivity index (χ3v) is 11.3. The molecule has 1 fully saturated rings. The number of fused-ring (bicyclic) bond motifs is 7. The zero-order chi connectivity index (χ0) is 44.5. The molecule has 3 amide bonds. The van der Waals surface area contributed by atoms with Gasteiger partial charge in [0.05, 0.1) is 58.8 Å². The Morgan fingerprint density at radius 2 is 0.935 bits per heavy atom. The molecule has 20 heteroatoms. The number of carboxylic acids is 3.